The summed E-state index contributed by atoms with van der Waals surface area (Å²) in [4.78, 5) is 16.3. The molecule has 2 rings (SSSR count). The van der Waals surface area contributed by atoms with Crippen molar-refractivity contribution in [3.63, 3.8) is 0 Å². The summed E-state index contributed by atoms with van der Waals surface area (Å²) in [6.45, 7) is 1.88. The zero-order valence-corrected chi connectivity index (χ0v) is 12.3. The van der Waals surface area contributed by atoms with Gasteiger partial charge in [-0.25, -0.2) is 4.98 Å². The van der Waals surface area contributed by atoms with E-state index in [0.29, 0.717) is 20.9 Å². The molecule has 0 radical (unpaired) electrons. The molecular formula is C12H11BrN2O2S. The van der Waals surface area contributed by atoms with Gasteiger partial charge in [0.05, 0.1) is 18.4 Å². The first kappa shape index (κ1) is 13.0. The molecule has 0 bridgehead atoms. The second-order valence-electron chi connectivity index (χ2n) is 3.59. The molecule has 0 aliphatic heterocycles. The van der Waals surface area contributed by atoms with E-state index in [1.807, 2.05) is 12.3 Å². The van der Waals surface area contributed by atoms with Crippen LogP contribution in [0.15, 0.2) is 28.1 Å². The fourth-order valence-electron chi connectivity index (χ4n) is 1.38. The van der Waals surface area contributed by atoms with Gasteiger partial charge in [0.2, 0.25) is 0 Å². The van der Waals surface area contributed by atoms with Crippen LogP contribution in [-0.2, 0) is 0 Å². The van der Waals surface area contributed by atoms with Crippen LogP contribution in [0.4, 0.5) is 5.13 Å². The fourth-order valence-corrected chi connectivity index (χ4v) is 2.49. The van der Waals surface area contributed by atoms with Crippen LogP contribution in [0.3, 0.4) is 0 Å². The van der Waals surface area contributed by atoms with E-state index >= 15 is 0 Å². The summed E-state index contributed by atoms with van der Waals surface area (Å²) in [5.41, 5.74) is 1.40. The topological polar surface area (TPSA) is 51.2 Å². The van der Waals surface area contributed by atoms with E-state index in [2.05, 4.69) is 26.2 Å². The number of aromatic nitrogens is 1. The van der Waals surface area contributed by atoms with Crippen molar-refractivity contribution < 1.29 is 9.53 Å². The highest BCUT2D eigenvalue weighted by atomic mass is 79.9. The van der Waals surface area contributed by atoms with E-state index in [9.17, 15) is 4.79 Å². The molecule has 1 N–H and O–H groups in total. The summed E-state index contributed by atoms with van der Waals surface area (Å²) in [6.07, 6.45) is 0. The Morgan fingerprint density at radius 3 is 2.89 bits per heavy atom. The summed E-state index contributed by atoms with van der Waals surface area (Å²) in [6, 6.07) is 5.25. The van der Waals surface area contributed by atoms with Crippen LogP contribution in [0.1, 0.15) is 16.1 Å². The lowest BCUT2D eigenvalue weighted by Gasteiger charge is -2.06. The molecule has 0 fully saturated rings. The van der Waals surface area contributed by atoms with E-state index in [1.165, 1.54) is 11.3 Å². The predicted octanol–water partition coefficient (Wildman–Crippen LogP) is 3.47. The molecule has 0 atom stereocenters. The molecule has 4 nitrogen and oxygen atoms in total. The van der Waals surface area contributed by atoms with Crippen LogP contribution in [0.5, 0.6) is 5.75 Å². The number of amides is 1. The molecule has 0 saturated carbocycles. The van der Waals surface area contributed by atoms with Crippen molar-refractivity contribution in [3.05, 3.63) is 39.3 Å². The van der Waals surface area contributed by atoms with Gasteiger partial charge < -0.3 is 4.74 Å². The van der Waals surface area contributed by atoms with Gasteiger partial charge in [0.25, 0.3) is 5.91 Å². The molecule has 0 unspecified atom stereocenters. The van der Waals surface area contributed by atoms with Gasteiger partial charge in [-0.1, -0.05) is 0 Å². The Labute approximate surface area is 117 Å². The molecule has 18 heavy (non-hydrogen) atoms. The van der Waals surface area contributed by atoms with Gasteiger partial charge in [0, 0.05) is 9.85 Å². The van der Waals surface area contributed by atoms with Crippen LogP contribution in [0.25, 0.3) is 0 Å². The maximum absolute atomic E-state index is 12.1. The normalized spacial score (nSPS) is 10.2. The number of carbonyl (C=O) groups excluding carboxylic acids is 1. The van der Waals surface area contributed by atoms with Crippen LogP contribution in [0, 0.1) is 6.92 Å². The minimum absolute atomic E-state index is 0.213. The third-order valence-electron chi connectivity index (χ3n) is 2.26. The SMILES string of the molecule is COc1ccc(Br)c(C(=O)Nc2nc(C)cs2)c1. The number of aryl methyl sites for hydroxylation is 1. The molecule has 0 saturated heterocycles. The Balaban J connectivity index is 2.23. The molecule has 0 aliphatic carbocycles. The smallest absolute Gasteiger partial charge is 0.258 e. The first-order valence-electron chi connectivity index (χ1n) is 5.17. The van der Waals surface area contributed by atoms with Crippen molar-refractivity contribution in [2.45, 2.75) is 6.92 Å². The summed E-state index contributed by atoms with van der Waals surface area (Å²) in [5.74, 6) is 0.425. The number of nitrogens with zero attached hydrogens (tertiary/aromatic N) is 1. The lowest BCUT2D eigenvalue weighted by molar-refractivity contribution is 0.102. The lowest BCUT2D eigenvalue weighted by atomic mass is 10.2. The maximum Gasteiger partial charge on any atom is 0.258 e. The largest absolute Gasteiger partial charge is 0.497 e. The van der Waals surface area contributed by atoms with Crippen LogP contribution in [-0.4, -0.2) is 18.0 Å². The highest BCUT2D eigenvalue weighted by molar-refractivity contribution is 9.10. The Morgan fingerprint density at radius 2 is 2.28 bits per heavy atom. The molecule has 1 amide bonds. The van der Waals surface area contributed by atoms with Gasteiger partial charge in [0.1, 0.15) is 5.75 Å². The fraction of sp³-hybridized carbons (Fsp3) is 0.167. The minimum atomic E-state index is -0.213. The van der Waals surface area contributed by atoms with Gasteiger partial charge in [0.15, 0.2) is 5.13 Å². The van der Waals surface area contributed by atoms with Crippen LogP contribution in [0.2, 0.25) is 0 Å². The van der Waals surface area contributed by atoms with Crippen LogP contribution < -0.4 is 10.1 Å². The number of nitrogens with one attached hydrogen (secondary N) is 1. The van der Waals surface area contributed by atoms with Crippen molar-refractivity contribution >= 4 is 38.3 Å². The highest BCUT2D eigenvalue weighted by Crippen LogP contribution is 2.24. The number of thiazole rings is 1. The number of hydrogen-bond acceptors (Lipinski definition) is 4. The van der Waals surface area contributed by atoms with Gasteiger partial charge in [-0.2, -0.15) is 0 Å². The molecular weight excluding hydrogens is 316 g/mol. The van der Waals surface area contributed by atoms with Crippen LogP contribution >= 0.6 is 27.3 Å². The monoisotopic (exact) mass is 326 g/mol. The molecule has 0 spiro atoms. The van der Waals surface area contributed by atoms with E-state index in [-0.39, 0.29) is 5.91 Å². The summed E-state index contributed by atoms with van der Waals surface area (Å²) in [7, 11) is 1.56. The summed E-state index contributed by atoms with van der Waals surface area (Å²) < 4.78 is 5.82. The zero-order chi connectivity index (χ0) is 13.1. The van der Waals surface area contributed by atoms with Gasteiger partial charge in [-0.3, -0.25) is 10.1 Å². The van der Waals surface area contributed by atoms with Crippen molar-refractivity contribution in [3.8, 4) is 5.75 Å². The van der Waals surface area contributed by atoms with Crippen molar-refractivity contribution in [1.29, 1.82) is 0 Å². The Bertz CT molecular complexity index is 583. The third kappa shape index (κ3) is 2.88. The number of anilines is 1. The first-order chi connectivity index (χ1) is 8.60. The van der Waals surface area contributed by atoms with Crippen molar-refractivity contribution in [1.82, 2.24) is 4.98 Å². The molecule has 94 valence electrons. The highest BCUT2D eigenvalue weighted by Gasteiger charge is 2.13. The average Bonchev–Trinajstić information content (AvgIpc) is 2.75. The third-order valence-corrected chi connectivity index (χ3v) is 3.82. The second-order valence-corrected chi connectivity index (χ2v) is 5.31. The quantitative estimate of drug-likeness (QED) is 0.939. The summed E-state index contributed by atoms with van der Waals surface area (Å²) in [5, 5.41) is 5.23. The van der Waals surface area contributed by atoms with Crippen molar-refractivity contribution in [2.75, 3.05) is 12.4 Å². The number of rotatable bonds is 3. The molecule has 1 aromatic heterocycles. The Kier molecular flexibility index (Phi) is 3.98. The van der Waals surface area contributed by atoms with E-state index in [1.54, 1.807) is 25.3 Å². The predicted molar refractivity (Wildman–Crippen MR) is 75.5 cm³/mol. The average molecular weight is 327 g/mol. The number of ether oxygens (including phenoxy) is 1. The van der Waals surface area contributed by atoms with E-state index in [0.717, 1.165) is 5.69 Å². The van der Waals surface area contributed by atoms with Gasteiger partial charge in [-0.15, -0.1) is 11.3 Å². The Morgan fingerprint density at radius 1 is 1.50 bits per heavy atom. The minimum Gasteiger partial charge on any atom is -0.497 e. The number of hydrogen-bond donors (Lipinski definition) is 1. The number of halogens is 1. The number of methoxy groups -OCH3 is 1. The molecule has 1 heterocycles. The Hall–Kier alpha value is -1.40. The molecule has 1 aromatic carbocycles. The molecule has 2 aromatic rings. The van der Waals surface area contributed by atoms with Gasteiger partial charge in [-0.05, 0) is 41.1 Å². The zero-order valence-electron chi connectivity index (χ0n) is 9.86. The number of carbonyl (C=O) groups is 1. The number of benzene rings is 1. The van der Waals surface area contributed by atoms with Crippen molar-refractivity contribution in [2.24, 2.45) is 0 Å². The maximum atomic E-state index is 12.1. The standard InChI is InChI=1S/C12H11BrN2O2S/c1-7-6-18-12(14-7)15-11(16)9-5-8(17-2)3-4-10(9)13/h3-6H,1-2H3,(H,14,15,16). The van der Waals surface area contributed by atoms with Gasteiger partial charge >= 0.3 is 0 Å². The van der Waals surface area contributed by atoms with E-state index < -0.39 is 0 Å². The second kappa shape index (κ2) is 5.49. The van der Waals surface area contributed by atoms with E-state index in [4.69, 9.17) is 4.74 Å². The molecule has 6 heteroatoms. The molecule has 0 aliphatic rings. The lowest BCUT2D eigenvalue weighted by Crippen LogP contribution is -2.12. The summed E-state index contributed by atoms with van der Waals surface area (Å²) >= 11 is 4.74. The first-order valence-corrected chi connectivity index (χ1v) is 6.84.